The van der Waals surface area contributed by atoms with E-state index in [4.69, 9.17) is 42.1 Å². The van der Waals surface area contributed by atoms with Crippen LogP contribution < -0.4 is 0 Å². The molecule has 0 radical (unpaired) electrons. The van der Waals surface area contributed by atoms with Crippen molar-refractivity contribution >= 4 is 23.2 Å². The molecule has 0 saturated carbocycles. The second-order valence-electron chi connectivity index (χ2n) is 6.72. The highest BCUT2D eigenvalue weighted by Gasteiger charge is 2.52. The van der Waals surface area contributed by atoms with Gasteiger partial charge in [0.25, 0.3) is 10.5 Å². The monoisotopic (exact) mass is 426 g/mol. The summed E-state index contributed by atoms with van der Waals surface area (Å²) >= 11 is 13.2. The SMILES string of the molecule is O[C@@H]1[C@H]2OC(Cl)(c3ccccc3)O[C@@H]1COC(Cl)(c1ccccc1)OC[C@@H]2O. The number of fused-ring (bicyclic) bond motifs is 2. The Kier molecular flexibility index (Phi) is 5.66. The first-order valence-electron chi connectivity index (χ1n) is 8.90. The normalized spacial score (nSPS) is 38.9. The lowest BCUT2D eigenvalue weighted by Crippen LogP contribution is -2.58. The summed E-state index contributed by atoms with van der Waals surface area (Å²) in [6, 6.07) is 17.8. The van der Waals surface area contributed by atoms with E-state index in [1.807, 2.05) is 12.1 Å². The molecule has 2 bridgehead atoms. The molecule has 6 nitrogen and oxygen atoms in total. The van der Waals surface area contributed by atoms with Gasteiger partial charge >= 0.3 is 0 Å². The van der Waals surface area contributed by atoms with Crippen molar-refractivity contribution in [3.05, 3.63) is 71.8 Å². The number of aliphatic hydroxyl groups is 2. The van der Waals surface area contributed by atoms with Crippen LogP contribution in [0.15, 0.2) is 60.7 Å². The molecule has 0 spiro atoms. The van der Waals surface area contributed by atoms with Gasteiger partial charge in [-0.3, -0.25) is 0 Å². The van der Waals surface area contributed by atoms with Crippen LogP contribution in [0.4, 0.5) is 0 Å². The van der Waals surface area contributed by atoms with Gasteiger partial charge in [0.1, 0.15) is 24.4 Å². The van der Waals surface area contributed by atoms with Crippen LogP contribution >= 0.6 is 23.2 Å². The zero-order valence-electron chi connectivity index (χ0n) is 14.8. The molecular formula is C20H20Cl2O6. The van der Waals surface area contributed by atoms with Crippen molar-refractivity contribution in [2.75, 3.05) is 13.2 Å². The maximum Gasteiger partial charge on any atom is 0.277 e. The minimum Gasteiger partial charge on any atom is -0.388 e. The topological polar surface area (TPSA) is 77.4 Å². The average molecular weight is 427 g/mol. The Morgan fingerprint density at radius 2 is 1.29 bits per heavy atom. The van der Waals surface area contributed by atoms with E-state index in [0.29, 0.717) is 11.1 Å². The van der Waals surface area contributed by atoms with Gasteiger partial charge in [0.05, 0.1) is 13.2 Å². The molecule has 2 aliphatic rings. The van der Waals surface area contributed by atoms with Gasteiger partial charge in [0.15, 0.2) is 0 Å². The predicted molar refractivity (Wildman–Crippen MR) is 102 cm³/mol. The molecule has 150 valence electrons. The molecular weight excluding hydrogens is 407 g/mol. The molecule has 2 aliphatic heterocycles. The molecule has 2 unspecified atom stereocenters. The Morgan fingerprint density at radius 3 is 1.89 bits per heavy atom. The molecule has 2 saturated heterocycles. The van der Waals surface area contributed by atoms with Crippen molar-refractivity contribution in [3.63, 3.8) is 0 Å². The van der Waals surface area contributed by atoms with E-state index in [1.54, 1.807) is 48.5 Å². The van der Waals surface area contributed by atoms with Crippen LogP contribution in [0.3, 0.4) is 0 Å². The third-order valence-corrected chi connectivity index (χ3v) is 5.63. The fourth-order valence-corrected chi connectivity index (χ4v) is 3.88. The van der Waals surface area contributed by atoms with E-state index in [-0.39, 0.29) is 13.2 Å². The molecule has 8 heteroatoms. The first kappa shape index (κ1) is 20.1. The van der Waals surface area contributed by atoms with Crippen LogP contribution in [0.2, 0.25) is 0 Å². The van der Waals surface area contributed by atoms with Crippen LogP contribution in [0, 0.1) is 0 Å². The summed E-state index contributed by atoms with van der Waals surface area (Å²) in [6.45, 7) is -0.373. The van der Waals surface area contributed by atoms with Gasteiger partial charge in [0.2, 0.25) is 0 Å². The summed E-state index contributed by atoms with van der Waals surface area (Å²) in [5.41, 5.74) is 1.09. The number of ether oxygens (including phenoxy) is 4. The van der Waals surface area contributed by atoms with Crippen molar-refractivity contribution in [2.24, 2.45) is 0 Å². The summed E-state index contributed by atoms with van der Waals surface area (Å²) < 4.78 is 23.1. The Bertz CT molecular complexity index is 794. The number of benzene rings is 2. The lowest BCUT2D eigenvalue weighted by Gasteiger charge is -2.44. The second kappa shape index (κ2) is 7.89. The first-order chi connectivity index (χ1) is 13.4. The van der Waals surface area contributed by atoms with Gasteiger partial charge in [-0.05, 0) is 0 Å². The molecule has 2 N–H and O–H groups in total. The van der Waals surface area contributed by atoms with Crippen molar-refractivity contribution in [3.8, 4) is 0 Å². The Morgan fingerprint density at radius 1 is 0.750 bits per heavy atom. The zero-order chi connectivity index (χ0) is 19.8. The van der Waals surface area contributed by atoms with Crippen LogP contribution in [0.25, 0.3) is 0 Å². The van der Waals surface area contributed by atoms with Crippen molar-refractivity contribution in [1.82, 2.24) is 0 Å². The molecule has 4 rings (SSSR count). The van der Waals surface area contributed by atoms with E-state index in [2.05, 4.69) is 0 Å². The van der Waals surface area contributed by atoms with Gasteiger partial charge < -0.3 is 29.2 Å². The molecule has 0 aliphatic carbocycles. The van der Waals surface area contributed by atoms with Crippen molar-refractivity contribution < 1.29 is 29.2 Å². The maximum atomic E-state index is 10.7. The van der Waals surface area contributed by atoms with Crippen LogP contribution in [-0.4, -0.2) is 47.8 Å². The third kappa shape index (κ3) is 3.79. The average Bonchev–Trinajstić information content (AvgIpc) is 2.75. The highest BCUT2D eigenvalue weighted by atomic mass is 35.5. The molecule has 2 fully saturated rings. The third-order valence-electron chi connectivity index (χ3n) is 4.80. The Labute approximate surface area is 172 Å². The molecule has 0 amide bonds. The molecule has 6 atom stereocenters. The van der Waals surface area contributed by atoms with E-state index in [0.717, 1.165) is 0 Å². The number of alkyl halides is 2. The fourth-order valence-electron chi connectivity index (χ4n) is 3.28. The quantitative estimate of drug-likeness (QED) is 0.718. The first-order valence-corrected chi connectivity index (χ1v) is 9.65. The van der Waals surface area contributed by atoms with Gasteiger partial charge in [-0.25, -0.2) is 0 Å². The molecule has 2 aromatic rings. The number of hydrogen-bond acceptors (Lipinski definition) is 6. The van der Waals surface area contributed by atoms with E-state index in [9.17, 15) is 10.2 Å². The lowest BCUT2D eigenvalue weighted by molar-refractivity contribution is -0.333. The number of halogens is 2. The minimum absolute atomic E-state index is 0.132. The Balaban J connectivity index is 1.65. The second-order valence-corrected chi connectivity index (χ2v) is 7.72. The van der Waals surface area contributed by atoms with Crippen molar-refractivity contribution in [2.45, 2.75) is 34.9 Å². The van der Waals surface area contributed by atoms with E-state index in [1.165, 1.54) is 0 Å². The summed E-state index contributed by atoms with van der Waals surface area (Å²) in [5.74, 6) is 0. The summed E-state index contributed by atoms with van der Waals surface area (Å²) in [5, 5.41) is 18.0. The van der Waals surface area contributed by atoms with Crippen LogP contribution in [-0.2, 0) is 29.4 Å². The van der Waals surface area contributed by atoms with E-state index < -0.39 is 34.9 Å². The van der Waals surface area contributed by atoms with Gasteiger partial charge in [0, 0.05) is 11.1 Å². The zero-order valence-corrected chi connectivity index (χ0v) is 16.3. The number of rotatable bonds is 2. The molecule has 28 heavy (non-hydrogen) atoms. The van der Waals surface area contributed by atoms with Crippen molar-refractivity contribution in [1.29, 1.82) is 0 Å². The minimum atomic E-state index is -1.69. The standard InChI is InChI=1S/C20H20Cl2O6/c21-19(13-7-3-1-4-8-13)25-11-15(23)18-17(24)16(12-26-19)27-20(22,28-18)14-9-5-2-6-10-14/h1-10,15-18,23-24H,11-12H2/t15-,16+,17-,18-,19?,20?/m0/s1. The smallest absolute Gasteiger partial charge is 0.277 e. The molecule has 2 heterocycles. The summed E-state index contributed by atoms with van der Waals surface area (Å²) in [6.07, 6.45) is -4.37. The number of hydrogen-bond donors (Lipinski definition) is 2. The summed E-state index contributed by atoms with van der Waals surface area (Å²) in [4.78, 5) is 0. The largest absolute Gasteiger partial charge is 0.388 e. The van der Waals surface area contributed by atoms with Crippen LogP contribution in [0.5, 0.6) is 0 Å². The number of aliphatic hydroxyl groups excluding tert-OH is 2. The van der Waals surface area contributed by atoms with Crippen LogP contribution in [0.1, 0.15) is 11.1 Å². The fraction of sp³-hybridized carbons (Fsp3) is 0.400. The predicted octanol–water partition coefficient (Wildman–Crippen LogP) is 2.64. The molecule has 2 aromatic carbocycles. The molecule has 0 aromatic heterocycles. The van der Waals surface area contributed by atoms with Gasteiger partial charge in [-0.15, -0.1) is 0 Å². The maximum absolute atomic E-state index is 10.7. The van der Waals surface area contributed by atoms with Gasteiger partial charge in [-0.2, -0.15) is 0 Å². The van der Waals surface area contributed by atoms with E-state index >= 15 is 0 Å². The highest BCUT2D eigenvalue weighted by Crippen LogP contribution is 2.43. The Hall–Kier alpha value is -1.22. The highest BCUT2D eigenvalue weighted by molar-refractivity contribution is 6.22. The van der Waals surface area contributed by atoms with Gasteiger partial charge in [-0.1, -0.05) is 83.9 Å². The lowest BCUT2D eigenvalue weighted by atomic mass is 10.0. The summed E-state index contributed by atoms with van der Waals surface area (Å²) in [7, 11) is 0.